The molecule has 1 aromatic carbocycles. The summed E-state index contributed by atoms with van der Waals surface area (Å²) in [4.78, 5) is 9.44. The van der Waals surface area contributed by atoms with Gasteiger partial charge in [-0.1, -0.05) is 29.3 Å². The monoisotopic (exact) mass is 204 g/mol. The maximum Gasteiger partial charge on any atom is 0.126 e. The Hall–Kier alpha value is -0.530. The van der Waals surface area contributed by atoms with E-state index >= 15 is 0 Å². The lowest BCUT2D eigenvalue weighted by Crippen LogP contribution is -1.69. The summed E-state index contributed by atoms with van der Waals surface area (Å²) < 4.78 is 0. The van der Waals surface area contributed by atoms with E-state index in [-0.39, 0.29) is 5.78 Å². The Morgan fingerprint density at radius 2 is 1.50 bits per heavy atom. The molecule has 0 spiro atoms. The fourth-order valence-corrected chi connectivity index (χ4v) is 0.896. The maximum atomic E-state index is 9.44. The van der Waals surface area contributed by atoms with Crippen molar-refractivity contribution in [1.82, 2.24) is 0 Å². The van der Waals surface area contributed by atoms with Gasteiger partial charge in [0.25, 0.3) is 0 Å². The van der Waals surface area contributed by atoms with Crippen LogP contribution in [0.25, 0.3) is 0 Å². The molecule has 0 aliphatic carbocycles. The van der Waals surface area contributed by atoms with Crippen LogP contribution >= 0.6 is 23.2 Å². The molecule has 0 N–H and O–H groups in total. The van der Waals surface area contributed by atoms with E-state index < -0.39 is 0 Å². The first-order valence-corrected chi connectivity index (χ1v) is 4.16. The second-order valence-corrected chi connectivity index (χ2v) is 3.22. The lowest BCUT2D eigenvalue weighted by Gasteiger charge is -1.86. The van der Waals surface area contributed by atoms with Gasteiger partial charge in [-0.15, -0.1) is 0 Å². The van der Waals surface area contributed by atoms with Crippen LogP contribution in [0.2, 0.25) is 10.0 Å². The molecule has 0 aliphatic rings. The molecular weight excluding hydrogens is 195 g/mol. The minimum absolute atomic E-state index is 0.167. The Labute approximate surface area is 82.3 Å². The first-order chi connectivity index (χ1) is 5.52. The van der Waals surface area contributed by atoms with Crippen molar-refractivity contribution < 1.29 is 4.79 Å². The van der Waals surface area contributed by atoms with Gasteiger partial charge in [-0.3, -0.25) is 0 Å². The molecule has 0 fully saturated rings. The summed E-state index contributed by atoms with van der Waals surface area (Å²) >= 11 is 11.1. The van der Waals surface area contributed by atoms with Crippen LogP contribution < -0.4 is 0 Å². The fourth-order valence-electron chi connectivity index (χ4n) is 0.460. The Morgan fingerprint density at radius 3 is 1.67 bits per heavy atom. The largest absolute Gasteiger partial charge is 0.300 e. The molecule has 0 unspecified atom stereocenters. The van der Waals surface area contributed by atoms with Gasteiger partial charge < -0.3 is 4.79 Å². The quantitative estimate of drug-likeness (QED) is 0.632. The Balaban J connectivity index is 0.000000261. The van der Waals surface area contributed by atoms with Crippen LogP contribution in [0.5, 0.6) is 0 Å². The predicted octanol–water partition coefficient (Wildman–Crippen LogP) is 3.59. The third-order valence-corrected chi connectivity index (χ3v) is 1.26. The van der Waals surface area contributed by atoms with Gasteiger partial charge in [0.15, 0.2) is 0 Å². The molecule has 1 aromatic rings. The number of hydrogen-bond donors (Lipinski definition) is 0. The topological polar surface area (TPSA) is 17.1 Å². The molecule has 0 saturated heterocycles. The van der Waals surface area contributed by atoms with Gasteiger partial charge in [-0.05, 0) is 32.0 Å². The van der Waals surface area contributed by atoms with Gasteiger partial charge in [0, 0.05) is 10.0 Å². The van der Waals surface area contributed by atoms with Gasteiger partial charge in [0.05, 0.1) is 0 Å². The number of hydrogen-bond acceptors (Lipinski definition) is 1. The highest BCUT2D eigenvalue weighted by Gasteiger charge is 1.84. The number of carbonyl (C=O) groups is 1. The highest BCUT2D eigenvalue weighted by Crippen LogP contribution is 2.13. The second-order valence-electron chi connectivity index (χ2n) is 2.35. The standard InChI is InChI=1S/C6H4Cl2.C3H6O/c7-5-2-1-3-6(8)4-5;1-3(2)4/h1-4H;1-2H3. The molecular formula is C9H10Cl2O. The average molecular weight is 205 g/mol. The van der Waals surface area contributed by atoms with Gasteiger partial charge in [0.1, 0.15) is 5.78 Å². The van der Waals surface area contributed by atoms with E-state index in [0.29, 0.717) is 10.0 Å². The zero-order valence-electron chi connectivity index (χ0n) is 6.97. The average Bonchev–Trinajstić information content (AvgIpc) is 1.84. The first-order valence-electron chi connectivity index (χ1n) is 3.40. The zero-order chi connectivity index (χ0) is 9.56. The lowest BCUT2D eigenvalue weighted by atomic mass is 10.4. The predicted molar refractivity (Wildman–Crippen MR) is 52.8 cm³/mol. The summed E-state index contributed by atoms with van der Waals surface area (Å²) in [5.74, 6) is 0.167. The van der Waals surface area contributed by atoms with E-state index in [1.807, 2.05) is 6.07 Å². The van der Waals surface area contributed by atoms with Crippen LogP contribution in [0, 0.1) is 0 Å². The van der Waals surface area contributed by atoms with Crippen molar-refractivity contribution in [3.63, 3.8) is 0 Å². The third-order valence-electron chi connectivity index (χ3n) is 0.787. The fraction of sp³-hybridized carbons (Fsp3) is 0.222. The summed E-state index contributed by atoms with van der Waals surface area (Å²) in [6, 6.07) is 7.08. The summed E-state index contributed by atoms with van der Waals surface area (Å²) in [5.41, 5.74) is 0. The van der Waals surface area contributed by atoms with Crippen LogP contribution in [0.1, 0.15) is 13.8 Å². The van der Waals surface area contributed by atoms with Crippen molar-refractivity contribution in [3.8, 4) is 0 Å². The first kappa shape index (κ1) is 11.5. The van der Waals surface area contributed by atoms with Crippen LogP contribution in [-0.4, -0.2) is 5.78 Å². The van der Waals surface area contributed by atoms with Crippen molar-refractivity contribution in [2.24, 2.45) is 0 Å². The molecule has 0 saturated carbocycles. The minimum atomic E-state index is 0.167. The van der Waals surface area contributed by atoms with Crippen molar-refractivity contribution in [2.45, 2.75) is 13.8 Å². The van der Waals surface area contributed by atoms with Crippen LogP contribution in [0.15, 0.2) is 24.3 Å². The van der Waals surface area contributed by atoms with Gasteiger partial charge in [0.2, 0.25) is 0 Å². The summed E-state index contributed by atoms with van der Waals surface area (Å²) in [6.45, 7) is 3.06. The molecule has 0 aromatic heterocycles. The van der Waals surface area contributed by atoms with Gasteiger partial charge in [-0.25, -0.2) is 0 Å². The maximum absolute atomic E-state index is 9.44. The highest BCUT2D eigenvalue weighted by molar-refractivity contribution is 6.34. The molecule has 0 amide bonds. The smallest absolute Gasteiger partial charge is 0.126 e. The molecule has 0 aliphatic heterocycles. The Morgan fingerprint density at radius 1 is 1.17 bits per heavy atom. The van der Waals surface area contributed by atoms with Gasteiger partial charge in [-0.2, -0.15) is 0 Å². The van der Waals surface area contributed by atoms with E-state index in [0.717, 1.165) is 0 Å². The number of benzene rings is 1. The van der Waals surface area contributed by atoms with Crippen LogP contribution in [0.4, 0.5) is 0 Å². The highest BCUT2D eigenvalue weighted by atomic mass is 35.5. The van der Waals surface area contributed by atoms with Gasteiger partial charge >= 0.3 is 0 Å². The molecule has 1 nitrogen and oxygen atoms in total. The Bertz CT molecular complexity index is 237. The van der Waals surface area contributed by atoms with Crippen molar-refractivity contribution >= 4 is 29.0 Å². The van der Waals surface area contributed by atoms with E-state index in [1.54, 1.807) is 18.2 Å². The zero-order valence-corrected chi connectivity index (χ0v) is 8.49. The molecule has 12 heavy (non-hydrogen) atoms. The molecule has 66 valence electrons. The molecule has 0 heterocycles. The number of ketones is 1. The van der Waals surface area contributed by atoms with E-state index in [2.05, 4.69) is 0 Å². The molecule has 1 rings (SSSR count). The summed E-state index contributed by atoms with van der Waals surface area (Å²) in [5, 5.41) is 1.36. The molecule has 0 bridgehead atoms. The Kier molecular flexibility index (Phi) is 5.77. The van der Waals surface area contributed by atoms with E-state index in [9.17, 15) is 4.79 Å². The van der Waals surface area contributed by atoms with Crippen LogP contribution in [0.3, 0.4) is 0 Å². The summed E-state index contributed by atoms with van der Waals surface area (Å²) in [6.07, 6.45) is 0. The third kappa shape index (κ3) is 7.58. The van der Waals surface area contributed by atoms with Crippen LogP contribution in [-0.2, 0) is 4.79 Å². The number of Topliss-reactive ketones (excluding diaryl/α,β-unsaturated/α-hetero) is 1. The normalized spacial score (nSPS) is 8.33. The van der Waals surface area contributed by atoms with E-state index in [1.165, 1.54) is 13.8 Å². The lowest BCUT2D eigenvalue weighted by molar-refractivity contribution is -0.114. The number of carbonyl (C=O) groups excluding carboxylic acids is 1. The summed E-state index contributed by atoms with van der Waals surface area (Å²) in [7, 11) is 0. The molecule has 0 atom stereocenters. The molecule has 3 heteroatoms. The SMILES string of the molecule is CC(C)=O.Clc1cccc(Cl)c1. The van der Waals surface area contributed by atoms with E-state index in [4.69, 9.17) is 23.2 Å². The minimum Gasteiger partial charge on any atom is -0.300 e. The van der Waals surface area contributed by atoms with Crippen molar-refractivity contribution in [1.29, 1.82) is 0 Å². The second kappa shape index (κ2) is 6.04. The van der Waals surface area contributed by atoms with Crippen molar-refractivity contribution in [2.75, 3.05) is 0 Å². The number of rotatable bonds is 0. The molecule has 0 radical (unpaired) electrons. The number of halogens is 2. The van der Waals surface area contributed by atoms with Crippen molar-refractivity contribution in [3.05, 3.63) is 34.3 Å².